The summed E-state index contributed by atoms with van der Waals surface area (Å²) in [5.41, 5.74) is 3.50. The minimum atomic E-state index is -0.509. The number of carbonyl (C=O) groups is 2. The zero-order chi connectivity index (χ0) is 23.5. The maximum atomic E-state index is 13.1. The van der Waals surface area contributed by atoms with Gasteiger partial charge in [-0.05, 0) is 48.9 Å². The number of amides is 2. The number of morpholine rings is 1. The number of aromatic nitrogens is 2. The lowest BCUT2D eigenvalue weighted by Crippen LogP contribution is -2.52. The van der Waals surface area contributed by atoms with Crippen molar-refractivity contribution in [3.8, 4) is 0 Å². The van der Waals surface area contributed by atoms with Gasteiger partial charge in [0.05, 0.1) is 18.7 Å². The number of nitrogens with one attached hydrogen (secondary N) is 3. The number of H-pyrrole nitrogens is 1. The number of hydrogen-bond acceptors (Lipinski definition) is 5. The number of aromatic amines is 1. The van der Waals surface area contributed by atoms with Crippen molar-refractivity contribution < 1.29 is 14.3 Å². The molecule has 1 saturated heterocycles. The van der Waals surface area contributed by atoms with Gasteiger partial charge >= 0.3 is 0 Å². The second-order valence-electron chi connectivity index (χ2n) is 9.17. The summed E-state index contributed by atoms with van der Waals surface area (Å²) in [4.78, 5) is 27.2. The van der Waals surface area contributed by atoms with E-state index in [0.29, 0.717) is 31.3 Å². The van der Waals surface area contributed by atoms with E-state index in [-0.39, 0.29) is 17.9 Å². The smallest absolute Gasteiger partial charge is 0.272 e. The van der Waals surface area contributed by atoms with E-state index in [9.17, 15) is 9.59 Å². The van der Waals surface area contributed by atoms with Crippen molar-refractivity contribution in [1.29, 1.82) is 0 Å². The summed E-state index contributed by atoms with van der Waals surface area (Å²) >= 11 is 0. The van der Waals surface area contributed by atoms with E-state index in [1.165, 1.54) is 12.0 Å². The summed E-state index contributed by atoms with van der Waals surface area (Å²) in [7, 11) is 1.59. The van der Waals surface area contributed by atoms with E-state index in [1.807, 2.05) is 24.3 Å². The quantitative estimate of drug-likeness (QED) is 0.543. The molecule has 8 heteroatoms. The molecule has 3 atom stereocenters. The number of nitrogens with zero attached hydrogens (tertiary/aromatic N) is 2. The van der Waals surface area contributed by atoms with Crippen LogP contribution in [0.4, 0.5) is 5.69 Å². The van der Waals surface area contributed by atoms with Gasteiger partial charge in [0.15, 0.2) is 11.8 Å². The molecular weight excluding hydrogens is 430 g/mol. The van der Waals surface area contributed by atoms with Gasteiger partial charge in [-0.3, -0.25) is 14.7 Å². The second kappa shape index (κ2) is 9.85. The Hall–Kier alpha value is -3.39. The predicted octanol–water partition coefficient (Wildman–Crippen LogP) is 2.97. The molecule has 5 rings (SSSR count). The molecule has 3 N–H and O–H groups in total. The molecule has 0 radical (unpaired) electrons. The Morgan fingerprint density at radius 1 is 1.15 bits per heavy atom. The minimum absolute atomic E-state index is 0.0343. The van der Waals surface area contributed by atoms with Crippen molar-refractivity contribution in [3.05, 3.63) is 59.8 Å². The summed E-state index contributed by atoms with van der Waals surface area (Å²) in [6, 6.07) is 16.6. The normalized spacial score (nSPS) is 23.0. The maximum Gasteiger partial charge on any atom is 0.272 e. The fourth-order valence-electron chi connectivity index (χ4n) is 5.18. The molecule has 2 fully saturated rings. The molecule has 8 nitrogen and oxygen atoms in total. The van der Waals surface area contributed by atoms with Gasteiger partial charge in [-0.25, -0.2) is 0 Å². The van der Waals surface area contributed by atoms with E-state index in [4.69, 9.17) is 4.74 Å². The average Bonchev–Trinajstić information content (AvgIpc) is 3.32. The van der Waals surface area contributed by atoms with Crippen LogP contribution >= 0.6 is 0 Å². The lowest BCUT2D eigenvalue weighted by Gasteiger charge is -2.36. The minimum Gasteiger partial charge on any atom is -0.366 e. The molecule has 2 amide bonds. The molecule has 3 unspecified atom stereocenters. The first kappa shape index (κ1) is 22.4. The molecule has 1 saturated carbocycles. The zero-order valence-corrected chi connectivity index (χ0v) is 19.4. The van der Waals surface area contributed by atoms with Gasteiger partial charge in [0.25, 0.3) is 11.8 Å². The molecule has 34 heavy (non-hydrogen) atoms. The Balaban J connectivity index is 1.23. The van der Waals surface area contributed by atoms with Gasteiger partial charge in [-0.2, -0.15) is 5.10 Å². The van der Waals surface area contributed by atoms with Crippen LogP contribution in [0.15, 0.2) is 48.5 Å². The van der Waals surface area contributed by atoms with Crippen LogP contribution in [0.3, 0.4) is 0 Å². The number of anilines is 1. The predicted molar refractivity (Wildman–Crippen MR) is 131 cm³/mol. The fourth-order valence-corrected chi connectivity index (χ4v) is 5.18. The number of fused-ring (bicyclic) bond motifs is 1. The molecule has 1 aromatic heterocycles. The van der Waals surface area contributed by atoms with Gasteiger partial charge in [-0.1, -0.05) is 36.8 Å². The average molecular weight is 462 g/mol. The van der Waals surface area contributed by atoms with Crippen LogP contribution in [0.2, 0.25) is 0 Å². The molecule has 1 aliphatic heterocycles. The Morgan fingerprint density at radius 2 is 2.00 bits per heavy atom. The van der Waals surface area contributed by atoms with E-state index < -0.39 is 6.10 Å². The van der Waals surface area contributed by atoms with E-state index in [1.54, 1.807) is 7.05 Å². The third-order valence-corrected chi connectivity index (χ3v) is 7.00. The Bertz CT molecular complexity index is 1160. The molecule has 2 aliphatic rings. The van der Waals surface area contributed by atoms with Crippen LogP contribution in [-0.4, -0.2) is 60.9 Å². The molecular formula is C26H31N5O3. The van der Waals surface area contributed by atoms with Crippen LogP contribution in [0.5, 0.6) is 0 Å². The number of benzene rings is 2. The molecule has 1 aliphatic carbocycles. The van der Waals surface area contributed by atoms with Crippen LogP contribution in [0, 0.1) is 0 Å². The van der Waals surface area contributed by atoms with Gasteiger partial charge in [-0.15, -0.1) is 0 Å². The fraction of sp³-hybridized carbons (Fsp3) is 0.423. The maximum absolute atomic E-state index is 13.1. The number of rotatable bonds is 5. The monoisotopic (exact) mass is 461 g/mol. The van der Waals surface area contributed by atoms with Crippen molar-refractivity contribution in [2.24, 2.45) is 0 Å². The lowest BCUT2D eigenvalue weighted by atomic mass is 9.81. The number of hydrogen-bond donors (Lipinski definition) is 3. The van der Waals surface area contributed by atoms with E-state index in [2.05, 4.69) is 50.0 Å². The summed E-state index contributed by atoms with van der Waals surface area (Å²) in [5, 5.41) is 13.7. The highest BCUT2D eigenvalue weighted by Gasteiger charge is 2.31. The highest BCUT2D eigenvalue weighted by atomic mass is 16.5. The van der Waals surface area contributed by atoms with Crippen molar-refractivity contribution >= 4 is 28.4 Å². The third kappa shape index (κ3) is 4.63. The lowest BCUT2D eigenvalue weighted by molar-refractivity contribution is -0.134. The van der Waals surface area contributed by atoms with Crippen molar-refractivity contribution in [3.63, 3.8) is 0 Å². The summed E-state index contributed by atoms with van der Waals surface area (Å²) in [6.07, 6.45) is 3.75. The summed E-state index contributed by atoms with van der Waals surface area (Å²) < 4.78 is 5.86. The molecule has 178 valence electrons. The second-order valence-corrected chi connectivity index (χ2v) is 9.17. The van der Waals surface area contributed by atoms with E-state index in [0.717, 1.165) is 35.9 Å². The Morgan fingerprint density at radius 3 is 2.82 bits per heavy atom. The summed E-state index contributed by atoms with van der Waals surface area (Å²) in [6.45, 7) is 1.67. The highest BCUT2D eigenvalue weighted by Crippen LogP contribution is 2.33. The van der Waals surface area contributed by atoms with E-state index >= 15 is 0 Å². The third-order valence-electron chi connectivity index (χ3n) is 7.00. The van der Waals surface area contributed by atoms with Crippen LogP contribution in [-0.2, 0) is 9.53 Å². The zero-order valence-electron chi connectivity index (χ0n) is 19.4. The standard InChI is InChI=1S/C26H31N5O3/c1-27-26(33)24-21-11-10-20(15-22(21)29-30-24)31-12-13-34-23(16-31)25(32)28-19-9-5-8-18(14-19)17-6-3-2-4-7-17/h2-4,6-7,10-11,15,18-19,23H,5,8-9,12-14,16H2,1H3,(H,27,33)(H,28,32)(H,29,30). The summed E-state index contributed by atoms with van der Waals surface area (Å²) in [5.74, 6) is 0.233. The molecule has 0 spiro atoms. The van der Waals surface area contributed by atoms with Gasteiger partial charge < -0.3 is 20.3 Å². The van der Waals surface area contributed by atoms with Crippen molar-refractivity contribution in [1.82, 2.24) is 20.8 Å². The van der Waals surface area contributed by atoms with Gasteiger partial charge in [0.2, 0.25) is 0 Å². The topological polar surface area (TPSA) is 99.3 Å². The largest absolute Gasteiger partial charge is 0.366 e. The SMILES string of the molecule is CNC(=O)c1n[nH]c2cc(N3CCOC(C(=O)NC4CCCC(c5ccccc5)C4)C3)ccc12. The molecule has 3 aromatic rings. The first-order valence-corrected chi connectivity index (χ1v) is 12.0. The van der Waals surface area contributed by atoms with Gasteiger partial charge in [0, 0.05) is 30.7 Å². The van der Waals surface area contributed by atoms with Gasteiger partial charge in [0.1, 0.15) is 0 Å². The number of carbonyl (C=O) groups excluding carboxylic acids is 2. The van der Waals surface area contributed by atoms with Crippen LogP contribution < -0.4 is 15.5 Å². The first-order chi connectivity index (χ1) is 16.6. The molecule has 0 bridgehead atoms. The van der Waals surface area contributed by atoms with Crippen LogP contribution in [0.25, 0.3) is 10.9 Å². The van der Waals surface area contributed by atoms with Crippen molar-refractivity contribution in [2.75, 3.05) is 31.6 Å². The molecule has 2 heterocycles. The first-order valence-electron chi connectivity index (χ1n) is 12.0. The Kier molecular flexibility index (Phi) is 6.49. The highest BCUT2D eigenvalue weighted by molar-refractivity contribution is 6.05. The van der Waals surface area contributed by atoms with Crippen molar-refractivity contribution in [2.45, 2.75) is 43.7 Å². The Labute approximate surface area is 199 Å². The molecule has 2 aromatic carbocycles. The number of ether oxygens (including phenoxy) is 1. The van der Waals surface area contributed by atoms with Crippen LogP contribution in [0.1, 0.15) is 47.7 Å².